The Kier molecular flexibility index (Phi) is 13.9. The zero-order valence-electron chi connectivity index (χ0n) is 30.4. The molecule has 1 amide bonds. The van der Waals surface area contributed by atoms with Gasteiger partial charge in [0, 0.05) is 62.9 Å². The second-order valence-electron chi connectivity index (χ2n) is 12.5. The maximum Gasteiger partial charge on any atom is 0.421 e. The van der Waals surface area contributed by atoms with E-state index < -0.39 is 31.1 Å². The number of alkyl halides is 3. The summed E-state index contributed by atoms with van der Waals surface area (Å²) in [6, 6.07) is 9.99. The molecule has 2 fully saturated rings. The van der Waals surface area contributed by atoms with E-state index in [-0.39, 0.29) is 55.6 Å². The van der Waals surface area contributed by atoms with E-state index in [0.29, 0.717) is 49.2 Å². The molecule has 2 aromatic carbocycles. The lowest BCUT2D eigenvalue weighted by atomic mass is 10.0. The van der Waals surface area contributed by atoms with Crippen LogP contribution in [0.3, 0.4) is 0 Å². The Morgan fingerprint density at radius 2 is 1.59 bits per heavy atom. The normalized spacial score (nSPS) is 16.4. The van der Waals surface area contributed by atoms with Gasteiger partial charge in [-0.2, -0.15) is 18.2 Å². The number of nitrogens with one attached hydrogen (secondary N) is 2. The number of anilines is 5. The van der Waals surface area contributed by atoms with Crippen molar-refractivity contribution in [2.75, 3.05) is 94.9 Å². The Balaban J connectivity index is 0.000000850. The maximum absolute atomic E-state index is 14.1. The van der Waals surface area contributed by atoms with Crippen molar-refractivity contribution in [2.45, 2.75) is 32.7 Å². The number of hydrogen-bond donors (Lipinski definition) is 3. The molecule has 4 heterocycles. The molecule has 54 heavy (non-hydrogen) atoms. The zero-order valence-corrected chi connectivity index (χ0v) is 31.3. The number of rotatable bonds is 13. The van der Waals surface area contributed by atoms with E-state index in [0.717, 1.165) is 32.1 Å². The minimum Gasteiger partial charge on any atom is -0.480 e. The minimum absolute atomic E-state index is 0.0533. The van der Waals surface area contributed by atoms with Crippen LogP contribution in [0.1, 0.15) is 40.9 Å². The van der Waals surface area contributed by atoms with Crippen molar-refractivity contribution in [1.82, 2.24) is 19.8 Å². The molecule has 3 aliphatic heterocycles. The monoisotopic (exact) mass is 779 g/mol. The summed E-state index contributed by atoms with van der Waals surface area (Å²) in [5.41, 5.74) is 1.88. The van der Waals surface area contributed by atoms with Crippen LogP contribution in [0.2, 0.25) is 0 Å². The number of aliphatic carboxylic acids is 1. The van der Waals surface area contributed by atoms with Gasteiger partial charge in [-0.3, -0.25) is 19.1 Å². The molecule has 0 spiro atoms. The largest absolute Gasteiger partial charge is 0.480 e. The summed E-state index contributed by atoms with van der Waals surface area (Å²) in [7, 11) is -1.71. The highest BCUT2D eigenvalue weighted by atomic mass is 31.2. The molecule has 0 unspecified atom stereocenters. The van der Waals surface area contributed by atoms with Crippen LogP contribution in [0.5, 0.6) is 0 Å². The van der Waals surface area contributed by atoms with Gasteiger partial charge in [0.25, 0.3) is 5.91 Å². The summed E-state index contributed by atoms with van der Waals surface area (Å²) in [5.74, 6) is -1.91. The third kappa shape index (κ3) is 10.7. The fraction of sp³-hybridized carbons (Fsp3) is 0.486. The molecule has 0 saturated carbocycles. The first-order valence-electron chi connectivity index (χ1n) is 17.5. The van der Waals surface area contributed by atoms with Gasteiger partial charge >= 0.3 is 19.7 Å². The van der Waals surface area contributed by atoms with Gasteiger partial charge in [-0.15, -0.1) is 0 Å². The second-order valence-corrected chi connectivity index (χ2v) is 14.6. The standard InChI is InChI=1S/C31H37F3N7O6P.C4H8O2/c1-4-46-48(45,47-5-2)19-20-6-8-21(9-7-20)36-30-35-16-23(31(32,33)34)28(38-30)37-24-10-11-25(22-17-39(3)29(44)27(22)24)41-14-12-40(13-15-41)18-26(42)43;1-2-6-4-3-5-1/h6-11,16H,4-5,12-15,17-19H2,1-3H3,(H,42,43)(H2,35,36,37,38);1-4H2. The minimum atomic E-state index is -4.79. The molecule has 3 aromatic rings. The van der Waals surface area contributed by atoms with E-state index in [1.807, 2.05) is 4.90 Å². The number of piperazine rings is 1. The molecule has 0 atom stereocenters. The molecule has 2 saturated heterocycles. The first-order valence-corrected chi connectivity index (χ1v) is 19.2. The Bertz CT molecular complexity index is 1780. The van der Waals surface area contributed by atoms with Crippen molar-refractivity contribution in [3.8, 4) is 0 Å². The number of carbonyl (C=O) groups is 2. The summed E-state index contributed by atoms with van der Waals surface area (Å²) >= 11 is 0. The van der Waals surface area contributed by atoms with Gasteiger partial charge < -0.3 is 44.1 Å². The quantitative estimate of drug-likeness (QED) is 0.184. The Morgan fingerprint density at radius 3 is 2.15 bits per heavy atom. The van der Waals surface area contributed by atoms with E-state index in [1.54, 1.807) is 57.3 Å². The fourth-order valence-corrected chi connectivity index (χ4v) is 7.86. The van der Waals surface area contributed by atoms with Crippen molar-refractivity contribution in [1.29, 1.82) is 0 Å². The first kappa shape index (κ1) is 40.9. The van der Waals surface area contributed by atoms with Crippen LogP contribution < -0.4 is 15.5 Å². The van der Waals surface area contributed by atoms with E-state index >= 15 is 0 Å². The van der Waals surface area contributed by atoms with Crippen LogP contribution >= 0.6 is 7.60 Å². The number of ether oxygens (including phenoxy) is 2. The van der Waals surface area contributed by atoms with Crippen molar-refractivity contribution < 1.29 is 51.0 Å². The Labute approximate surface area is 311 Å². The van der Waals surface area contributed by atoms with Crippen molar-refractivity contribution >= 4 is 48.3 Å². The number of carboxylic acids is 1. The number of carboxylic acid groups (broad SMARTS) is 1. The molecule has 15 nitrogen and oxygen atoms in total. The van der Waals surface area contributed by atoms with Crippen molar-refractivity contribution in [3.05, 3.63) is 64.8 Å². The number of amides is 1. The maximum atomic E-state index is 14.1. The highest BCUT2D eigenvalue weighted by molar-refractivity contribution is 7.53. The van der Waals surface area contributed by atoms with Gasteiger partial charge in [-0.05, 0) is 43.7 Å². The molecule has 0 aliphatic carbocycles. The predicted molar refractivity (Wildman–Crippen MR) is 195 cm³/mol. The summed E-state index contributed by atoms with van der Waals surface area (Å²) in [6.45, 7) is 9.30. The average Bonchev–Trinajstić information content (AvgIpc) is 3.44. The second kappa shape index (κ2) is 18.3. The van der Waals surface area contributed by atoms with Crippen LogP contribution in [-0.2, 0) is 46.8 Å². The Hall–Kier alpha value is -4.32. The number of nitrogens with zero attached hydrogens (tertiary/aromatic N) is 5. The molecule has 294 valence electrons. The van der Waals surface area contributed by atoms with Crippen LogP contribution in [0.15, 0.2) is 42.6 Å². The van der Waals surface area contributed by atoms with Crippen LogP contribution in [-0.4, -0.2) is 116 Å². The topological polar surface area (TPSA) is 168 Å². The number of halogens is 3. The van der Waals surface area contributed by atoms with Crippen LogP contribution in [0, 0.1) is 0 Å². The molecule has 0 bridgehead atoms. The van der Waals surface area contributed by atoms with Gasteiger partial charge in [0.15, 0.2) is 0 Å². The zero-order chi connectivity index (χ0) is 38.9. The van der Waals surface area contributed by atoms with Crippen LogP contribution in [0.4, 0.5) is 42.0 Å². The van der Waals surface area contributed by atoms with E-state index in [9.17, 15) is 27.3 Å². The van der Waals surface area contributed by atoms with Crippen molar-refractivity contribution in [2.24, 2.45) is 0 Å². The molecule has 0 radical (unpaired) electrons. The summed E-state index contributed by atoms with van der Waals surface area (Å²) < 4.78 is 75.8. The molecule has 3 N–H and O–H groups in total. The number of aromatic nitrogens is 2. The third-order valence-electron chi connectivity index (χ3n) is 8.65. The molecule has 19 heteroatoms. The van der Waals surface area contributed by atoms with E-state index in [2.05, 4.69) is 25.5 Å². The van der Waals surface area contributed by atoms with Crippen LogP contribution in [0.25, 0.3) is 0 Å². The SMILES string of the molecule is C1COCCO1.CCOP(=O)(Cc1ccc(Nc2ncc(C(F)(F)F)c(Nc3ccc(N4CCN(CC(=O)O)CC4)c4c3C(=O)N(C)C4)n2)cc1)OCC. The summed E-state index contributed by atoms with van der Waals surface area (Å²) in [5, 5.41) is 14.8. The van der Waals surface area contributed by atoms with Gasteiger partial charge in [0.05, 0.1) is 63.6 Å². The highest BCUT2D eigenvalue weighted by Crippen LogP contribution is 2.51. The summed E-state index contributed by atoms with van der Waals surface area (Å²) in [4.78, 5) is 37.8. The lowest BCUT2D eigenvalue weighted by Gasteiger charge is -2.36. The predicted octanol–water partition coefficient (Wildman–Crippen LogP) is 5.57. The smallest absolute Gasteiger partial charge is 0.421 e. The first-order chi connectivity index (χ1) is 25.8. The van der Waals surface area contributed by atoms with Gasteiger partial charge in [-0.25, -0.2) is 4.98 Å². The number of fused-ring (bicyclic) bond motifs is 1. The highest BCUT2D eigenvalue weighted by Gasteiger charge is 2.37. The number of benzene rings is 2. The number of hydrogen-bond acceptors (Lipinski definition) is 13. The molecule has 6 rings (SSSR count). The third-order valence-corrected chi connectivity index (χ3v) is 10.7. The summed E-state index contributed by atoms with van der Waals surface area (Å²) in [6.07, 6.45) is -4.07. The van der Waals surface area contributed by atoms with Gasteiger partial charge in [-0.1, -0.05) is 12.1 Å². The molecular weight excluding hydrogens is 734 g/mol. The van der Waals surface area contributed by atoms with Crippen molar-refractivity contribution in [3.63, 3.8) is 0 Å². The Morgan fingerprint density at radius 1 is 0.963 bits per heavy atom. The average molecular weight is 780 g/mol. The fourth-order valence-electron chi connectivity index (χ4n) is 6.16. The van der Waals surface area contributed by atoms with Gasteiger partial charge in [0.2, 0.25) is 5.95 Å². The lowest BCUT2D eigenvalue weighted by Crippen LogP contribution is -2.48. The van der Waals surface area contributed by atoms with E-state index in [4.69, 9.17) is 23.6 Å². The van der Waals surface area contributed by atoms with Gasteiger partial charge in [0.1, 0.15) is 11.4 Å². The molecular formula is C35H45F3N7O8P. The number of carbonyl (C=O) groups excluding carboxylic acids is 1. The van der Waals surface area contributed by atoms with E-state index in [1.165, 1.54) is 4.90 Å². The molecule has 3 aliphatic rings. The molecule has 1 aromatic heterocycles. The lowest BCUT2D eigenvalue weighted by molar-refractivity contribution is -0.138.